The molecule has 1 saturated heterocycles. The lowest BCUT2D eigenvalue weighted by atomic mass is 10.1. The van der Waals surface area contributed by atoms with Crippen LogP contribution in [0.4, 0.5) is 4.79 Å². The Labute approximate surface area is 187 Å². The van der Waals surface area contributed by atoms with E-state index in [-0.39, 0.29) is 21.1 Å². The molecule has 0 bridgehead atoms. The van der Waals surface area contributed by atoms with Gasteiger partial charge in [-0.3, -0.25) is 19.3 Å². The molecule has 32 heavy (non-hydrogen) atoms. The van der Waals surface area contributed by atoms with Gasteiger partial charge in [0.1, 0.15) is 17.2 Å². The lowest BCUT2D eigenvalue weighted by Crippen LogP contribution is -2.36. The fourth-order valence-electron chi connectivity index (χ4n) is 3.10. The average molecular weight is 469 g/mol. The van der Waals surface area contributed by atoms with Crippen LogP contribution < -0.4 is 9.92 Å². The molecular weight excluding hydrogens is 452 g/mol. The first-order valence-corrected chi connectivity index (χ1v) is 11.5. The van der Waals surface area contributed by atoms with Gasteiger partial charge >= 0.3 is 10.1 Å². The predicted octanol–water partition coefficient (Wildman–Crippen LogP) is 3.13. The molecule has 10 heteroatoms. The molecule has 162 valence electrons. The normalized spacial score (nSPS) is 15.5. The largest absolute Gasteiger partial charge is 0.378 e. The van der Waals surface area contributed by atoms with Crippen LogP contribution in [0.5, 0.6) is 5.75 Å². The van der Waals surface area contributed by atoms with Crippen LogP contribution in [-0.4, -0.2) is 36.9 Å². The molecule has 1 heterocycles. The first-order valence-electron chi connectivity index (χ1n) is 9.30. The average Bonchev–Trinajstić information content (AvgIpc) is 3.01. The highest BCUT2D eigenvalue weighted by Gasteiger charge is 2.36. The molecule has 0 atom stereocenters. The zero-order valence-electron chi connectivity index (χ0n) is 16.4. The number of fused-ring (bicyclic) bond motifs is 1. The Kier molecular flexibility index (Phi) is 5.72. The highest BCUT2D eigenvalue weighted by molar-refractivity contribution is 8.18. The molecular formula is C22H16N2O6S2. The summed E-state index contributed by atoms with van der Waals surface area (Å²) in [6.07, 6.45) is 1.34. The third-order valence-electron chi connectivity index (χ3n) is 4.60. The maximum atomic E-state index is 12.9. The Balaban J connectivity index is 1.65. The first kappa shape index (κ1) is 21.6. The summed E-state index contributed by atoms with van der Waals surface area (Å²) >= 11 is 0.629. The lowest BCUT2D eigenvalue weighted by Gasteiger charge is -2.11. The minimum atomic E-state index is -4.17. The molecule has 1 aliphatic rings. The maximum absolute atomic E-state index is 12.9. The number of nitrogens with two attached hydrogens (primary N) is 1. The third kappa shape index (κ3) is 4.36. The number of carbonyl (C=O) groups is 3. The van der Waals surface area contributed by atoms with Crippen LogP contribution in [0.25, 0.3) is 16.8 Å². The fourth-order valence-corrected chi connectivity index (χ4v) is 4.92. The number of nitrogens with zero attached hydrogens (tertiary/aromatic N) is 1. The highest BCUT2D eigenvalue weighted by Crippen LogP contribution is 2.34. The van der Waals surface area contributed by atoms with Crippen molar-refractivity contribution in [2.24, 2.45) is 5.73 Å². The Hall–Kier alpha value is -3.63. The van der Waals surface area contributed by atoms with Crippen LogP contribution in [0.3, 0.4) is 0 Å². The molecule has 0 saturated carbocycles. The molecule has 3 aromatic carbocycles. The van der Waals surface area contributed by atoms with Gasteiger partial charge in [-0.25, -0.2) is 0 Å². The van der Waals surface area contributed by atoms with E-state index in [1.165, 1.54) is 24.3 Å². The molecule has 1 fully saturated rings. The van der Waals surface area contributed by atoms with Crippen LogP contribution in [0.1, 0.15) is 5.56 Å². The van der Waals surface area contributed by atoms with Gasteiger partial charge in [0.25, 0.3) is 11.1 Å². The van der Waals surface area contributed by atoms with Crippen molar-refractivity contribution in [1.29, 1.82) is 0 Å². The van der Waals surface area contributed by atoms with Crippen molar-refractivity contribution < 1.29 is 27.0 Å². The minimum Gasteiger partial charge on any atom is -0.378 e. The van der Waals surface area contributed by atoms with Crippen LogP contribution >= 0.6 is 11.8 Å². The van der Waals surface area contributed by atoms with Gasteiger partial charge < -0.3 is 9.92 Å². The molecule has 4 rings (SSSR count). The van der Waals surface area contributed by atoms with Crippen molar-refractivity contribution in [3.05, 3.63) is 77.2 Å². The summed E-state index contributed by atoms with van der Waals surface area (Å²) in [5, 5.41) is 0.995. The van der Waals surface area contributed by atoms with Crippen molar-refractivity contribution in [2.45, 2.75) is 4.90 Å². The SMILES string of the molecule is NC(=O)CN1C(=O)S/C(=C\c2ccccc2OS(=O)(=O)c2ccc3ccccc3c2)C1=O. The Bertz CT molecular complexity index is 1400. The number of imide groups is 1. The number of amides is 3. The third-order valence-corrected chi connectivity index (χ3v) is 6.74. The number of carbonyl (C=O) groups excluding carboxylic acids is 3. The van der Waals surface area contributed by atoms with Crippen LogP contribution in [0.15, 0.2) is 76.5 Å². The van der Waals surface area contributed by atoms with Gasteiger partial charge in [0.15, 0.2) is 0 Å². The van der Waals surface area contributed by atoms with E-state index in [9.17, 15) is 22.8 Å². The summed E-state index contributed by atoms with van der Waals surface area (Å²) < 4.78 is 31.2. The monoisotopic (exact) mass is 468 g/mol. The molecule has 1 aliphatic heterocycles. The second-order valence-corrected chi connectivity index (χ2v) is 9.36. The van der Waals surface area contributed by atoms with Gasteiger partial charge in [0.05, 0.1) is 4.91 Å². The molecule has 0 radical (unpaired) electrons. The fraction of sp³-hybridized carbons (Fsp3) is 0.0455. The number of hydrogen-bond acceptors (Lipinski definition) is 7. The van der Waals surface area contributed by atoms with E-state index in [4.69, 9.17) is 9.92 Å². The number of benzene rings is 3. The number of primary amides is 1. The second-order valence-electron chi connectivity index (χ2n) is 6.82. The first-order chi connectivity index (χ1) is 15.2. The summed E-state index contributed by atoms with van der Waals surface area (Å²) in [5.74, 6) is -1.52. The van der Waals surface area contributed by atoms with Crippen molar-refractivity contribution in [3.63, 3.8) is 0 Å². The van der Waals surface area contributed by atoms with Gasteiger partial charge in [0.2, 0.25) is 5.91 Å². The molecule has 0 spiro atoms. The second kappa shape index (κ2) is 8.48. The van der Waals surface area contributed by atoms with E-state index >= 15 is 0 Å². The lowest BCUT2D eigenvalue weighted by molar-refractivity contribution is -0.127. The molecule has 0 aromatic heterocycles. The van der Waals surface area contributed by atoms with Crippen molar-refractivity contribution in [2.75, 3.05) is 6.54 Å². The van der Waals surface area contributed by atoms with Crippen molar-refractivity contribution in [3.8, 4) is 5.75 Å². The van der Waals surface area contributed by atoms with Crippen molar-refractivity contribution >= 4 is 55.8 Å². The standard InChI is InChI=1S/C22H16N2O6S2/c23-20(25)13-24-21(26)19(31-22(24)27)12-16-7-3-4-8-18(16)30-32(28,29)17-10-9-14-5-1-2-6-15(14)11-17/h1-12H,13H2,(H2,23,25)/b19-12-. The van der Waals surface area contributed by atoms with Crippen LogP contribution in [0.2, 0.25) is 0 Å². The summed E-state index contributed by atoms with van der Waals surface area (Å²) in [6.45, 7) is -0.531. The van der Waals surface area contributed by atoms with Gasteiger partial charge in [-0.1, -0.05) is 48.5 Å². The number of rotatable bonds is 6. The molecule has 0 unspecified atom stereocenters. The van der Waals surface area contributed by atoms with Gasteiger partial charge in [-0.05, 0) is 46.8 Å². The Morgan fingerprint density at radius 2 is 1.69 bits per heavy atom. The topological polar surface area (TPSA) is 124 Å². The summed E-state index contributed by atoms with van der Waals surface area (Å²) in [4.78, 5) is 36.3. The Morgan fingerprint density at radius 3 is 2.44 bits per heavy atom. The summed E-state index contributed by atoms with van der Waals surface area (Å²) in [7, 11) is -4.17. The van der Waals surface area contributed by atoms with E-state index in [1.54, 1.807) is 36.4 Å². The van der Waals surface area contributed by atoms with E-state index in [0.717, 1.165) is 15.7 Å². The van der Waals surface area contributed by atoms with E-state index in [2.05, 4.69) is 0 Å². The zero-order chi connectivity index (χ0) is 22.9. The number of hydrogen-bond donors (Lipinski definition) is 1. The number of thioether (sulfide) groups is 1. The van der Waals surface area contributed by atoms with E-state index in [1.807, 2.05) is 12.1 Å². The molecule has 0 aliphatic carbocycles. The quantitative estimate of drug-likeness (QED) is 0.435. The number of para-hydroxylation sites is 1. The summed E-state index contributed by atoms with van der Waals surface area (Å²) in [5.41, 5.74) is 5.36. The van der Waals surface area contributed by atoms with E-state index < -0.39 is 33.7 Å². The van der Waals surface area contributed by atoms with Crippen molar-refractivity contribution in [1.82, 2.24) is 4.90 Å². The van der Waals surface area contributed by atoms with Crippen LogP contribution in [0, 0.1) is 0 Å². The van der Waals surface area contributed by atoms with Crippen LogP contribution in [-0.2, 0) is 19.7 Å². The van der Waals surface area contributed by atoms with E-state index in [0.29, 0.717) is 11.8 Å². The minimum absolute atomic E-state index is 0.0117. The molecule has 3 amide bonds. The van der Waals surface area contributed by atoms with Gasteiger partial charge in [-0.2, -0.15) is 8.42 Å². The highest BCUT2D eigenvalue weighted by atomic mass is 32.2. The molecule has 3 aromatic rings. The molecule has 8 nitrogen and oxygen atoms in total. The maximum Gasteiger partial charge on any atom is 0.339 e. The van der Waals surface area contributed by atoms with Gasteiger partial charge in [0, 0.05) is 5.56 Å². The molecule has 2 N–H and O–H groups in total. The Morgan fingerprint density at radius 1 is 1.00 bits per heavy atom. The smallest absolute Gasteiger partial charge is 0.339 e. The predicted molar refractivity (Wildman–Crippen MR) is 120 cm³/mol. The van der Waals surface area contributed by atoms with Gasteiger partial charge in [-0.15, -0.1) is 0 Å². The summed E-state index contributed by atoms with van der Waals surface area (Å²) in [6, 6.07) is 18.2. The zero-order valence-corrected chi connectivity index (χ0v) is 18.1.